The third kappa shape index (κ3) is 3.81. The standard InChI is InChI=1S/C18H18N2O2/c21-17(11-6-14-4-2-1-3-5-14)22-16-9-7-15(8-10-16)18-19-12-13-20-18/h1-11,18-20H,12-13H2/b11-6+. The minimum absolute atomic E-state index is 0.183. The Kier molecular flexibility index (Phi) is 4.63. The van der Waals surface area contributed by atoms with E-state index in [0.29, 0.717) is 5.75 Å². The molecule has 4 heteroatoms. The number of ether oxygens (including phenoxy) is 1. The summed E-state index contributed by atoms with van der Waals surface area (Å²) in [5.41, 5.74) is 2.10. The maximum absolute atomic E-state index is 11.8. The Bertz CT molecular complexity index is 645. The van der Waals surface area contributed by atoms with Gasteiger partial charge < -0.3 is 4.74 Å². The fourth-order valence-electron chi connectivity index (χ4n) is 2.35. The zero-order chi connectivity index (χ0) is 15.2. The normalized spacial score (nSPS) is 15.3. The Labute approximate surface area is 129 Å². The molecule has 2 N–H and O–H groups in total. The lowest BCUT2D eigenvalue weighted by Gasteiger charge is -2.11. The topological polar surface area (TPSA) is 50.4 Å². The largest absolute Gasteiger partial charge is 0.423 e. The average molecular weight is 294 g/mol. The minimum atomic E-state index is -0.381. The molecule has 0 aromatic heterocycles. The van der Waals surface area contributed by atoms with E-state index in [1.54, 1.807) is 6.08 Å². The van der Waals surface area contributed by atoms with E-state index in [4.69, 9.17) is 4.74 Å². The number of benzene rings is 2. The lowest BCUT2D eigenvalue weighted by Crippen LogP contribution is -2.20. The summed E-state index contributed by atoms with van der Waals surface area (Å²) in [6.45, 7) is 1.93. The Balaban J connectivity index is 1.58. The fourth-order valence-corrected chi connectivity index (χ4v) is 2.35. The van der Waals surface area contributed by atoms with Crippen LogP contribution in [0.3, 0.4) is 0 Å². The van der Waals surface area contributed by atoms with Crippen LogP contribution in [0.15, 0.2) is 60.7 Å². The zero-order valence-corrected chi connectivity index (χ0v) is 12.2. The first-order chi connectivity index (χ1) is 10.8. The molecule has 1 aliphatic heterocycles. The molecule has 1 heterocycles. The van der Waals surface area contributed by atoms with Gasteiger partial charge in [0.25, 0.3) is 0 Å². The number of rotatable bonds is 4. The number of carbonyl (C=O) groups excluding carboxylic acids is 1. The Morgan fingerprint density at radius 1 is 1.00 bits per heavy atom. The maximum Gasteiger partial charge on any atom is 0.336 e. The van der Waals surface area contributed by atoms with E-state index in [2.05, 4.69) is 10.6 Å². The molecule has 1 fully saturated rings. The highest BCUT2D eigenvalue weighted by Gasteiger charge is 2.14. The van der Waals surface area contributed by atoms with Gasteiger partial charge in [-0.05, 0) is 29.3 Å². The van der Waals surface area contributed by atoms with Crippen LogP contribution < -0.4 is 15.4 Å². The minimum Gasteiger partial charge on any atom is -0.423 e. The van der Waals surface area contributed by atoms with Crippen LogP contribution in [-0.4, -0.2) is 19.1 Å². The average Bonchev–Trinajstić information content (AvgIpc) is 3.09. The van der Waals surface area contributed by atoms with Crippen molar-refractivity contribution < 1.29 is 9.53 Å². The van der Waals surface area contributed by atoms with Crippen molar-refractivity contribution in [3.63, 3.8) is 0 Å². The lowest BCUT2D eigenvalue weighted by atomic mass is 10.2. The molecule has 112 valence electrons. The molecule has 0 radical (unpaired) electrons. The summed E-state index contributed by atoms with van der Waals surface area (Å²) < 4.78 is 5.29. The third-order valence-electron chi connectivity index (χ3n) is 3.47. The van der Waals surface area contributed by atoms with Crippen molar-refractivity contribution in [1.29, 1.82) is 0 Å². The molecule has 4 nitrogen and oxygen atoms in total. The van der Waals surface area contributed by atoms with Gasteiger partial charge in [0.15, 0.2) is 0 Å². The highest BCUT2D eigenvalue weighted by atomic mass is 16.5. The van der Waals surface area contributed by atoms with E-state index >= 15 is 0 Å². The quantitative estimate of drug-likeness (QED) is 0.517. The first-order valence-electron chi connectivity index (χ1n) is 7.33. The van der Waals surface area contributed by atoms with Gasteiger partial charge in [0, 0.05) is 19.2 Å². The van der Waals surface area contributed by atoms with Crippen molar-refractivity contribution in [2.24, 2.45) is 0 Å². The lowest BCUT2D eigenvalue weighted by molar-refractivity contribution is -0.128. The number of hydrogen-bond acceptors (Lipinski definition) is 4. The molecule has 0 unspecified atom stereocenters. The number of carbonyl (C=O) groups is 1. The first kappa shape index (κ1) is 14.5. The van der Waals surface area contributed by atoms with E-state index in [-0.39, 0.29) is 12.1 Å². The molecular weight excluding hydrogens is 276 g/mol. The summed E-state index contributed by atoms with van der Waals surface area (Å²) in [5, 5.41) is 6.68. The van der Waals surface area contributed by atoms with E-state index in [0.717, 1.165) is 24.2 Å². The first-order valence-corrected chi connectivity index (χ1v) is 7.33. The van der Waals surface area contributed by atoms with Gasteiger partial charge in [0.1, 0.15) is 5.75 Å². The highest BCUT2D eigenvalue weighted by Crippen LogP contribution is 2.18. The van der Waals surface area contributed by atoms with Gasteiger partial charge in [0.05, 0.1) is 6.17 Å². The van der Waals surface area contributed by atoms with E-state index in [9.17, 15) is 4.79 Å². The zero-order valence-electron chi connectivity index (χ0n) is 12.2. The maximum atomic E-state index is 11.8. The summed E-state index contributed by atoms with van der Waals surface area (Å²) in [6.07, 6.45) is 3.36. The molecular formula is C18H18N2O2. The number of nitrogens with one attached hydrogen (secondary N) is 2. The summed E-state index contributed by atoms with van der Waals surface area (Å²) in [4.78, 5) is 11.8. The molecule has 1 saturated heterocycles. The SMILES string of the molecule is O=C(/C=C/c1ccccc1)Oc1ccc(C2NCCN2)cc1. The number of hydrogen-bond donors (Lipinski definition) is 2. The molecule has 3 rings (SSSR count). The van der Waals surface area contributed by atoms with Gasteiger partial charge in [-0.1, -0.05) is 42.5 Å². The van der Waals surface area contributed by atoms with Crippen molar-refractivity contribution >= 4 is 12.0 Å². The summed E-state index contributed by atoms with van der Waals surface area (Å²) in [6, 6.07) is 17.2. The van der Waals surface area contributed by atoms with Crippen LogP contribution in [-0.2, 0) is 4.79 Å². The van der Waals surface area contributed by atoms with E-state index in [1.807, 2.05) is 54.6 Å². The van der Waals surface area contributed by atoms with Crippen LogP contribution in [0.2, 0.25) is 0 Å². The fraction of sp³-hybridized carbons (Fsp3) is 0.167. The van der Waals surface area contributed by atoms with Crippen molar-refractivity contribution in [2.45, 2.75) is 6.17 Å². The van der Waals surface area contributed by atoms with E-state index < -0.39 is 0 Å². The molecule has 0 amide bonds. The van der Waals surface area contributed by atoms with Crippen LogP contribution in [0.25, 0.3) is 6.08 Å². The van der Waals surface area contributed by atoms with Gasteiger partial charge in [-0.15, -0.1) is 0 Å². The van der Waals surface area contributed by atoms with Gasteiger partial charge >= 0.3 is 5.97 Å². The molecule has 0 atom stereocenters. The molecule has 22 heavy (non-hydrogen) atoms. The van der Waals surface area contributed by atoms with Crippen LogP contribution in [0, 0.1) is 0 Å². The van der Waals surface area contributed by atoms with Gasteiger partial charge in [-0.25, -0.2) is 4.79 Å². The summed E-state index contributed by atoms with van der Waals surface area (Å²) in [5.74, 6) is 0.165. The van der Waals surface area contributed by atoms with Crippen molar-refractivity contribution in [1.82, 2.24) is 10.6 Å². The Hall–Kier alpha value is -2.43. The predicted octanol–water partition coefficient (Wildman–Crippen LogP) is 2.50. The van der Waals surface area contributed by atoms with Crippen LogP contribution in [0.5, 0.6) is 5.75 Å². The monoisotopic (exact) mass is 294 g/mol. The van der Waals surface area contributed by atoms with Crippen LogP contribution in [0.4, 0.5) is 0 Å². The van der Waals surface area contributed by atoms with Crippen molar-refractivity contribution in [3.05, 3.63) is 71.8 Å². The van der Waals surface area contributed by atoms with Crippen molar-refractivity contribution in [2.75, 3.05) is 13.1 Å². The number of esters is 1. The van der Waals surface area contributed by atoms with Crippen LogP contribution in [0.1, 0.15) is 17.3 Å². The smallest absolute Gasteiger partial charge is 0.336 e. The molecule has 2 aromatic rings. The highest BCUT2D eigenvalue weighted by molar-refractivity contribution is 5.88. The Morgan fingerprint density at radius 3 is 2.36 bits per heavy atom. The van der Waals surface area contributed by atoms with Gasteiger partial charge in [-0.3, -0.25) is 10.6 Å². The molecule has 1 aliphatic rings. The van der Waals surface area contributed by atoms with E-state index in [1.165, 1.54) is 6.08 Å². The second-order valence-corrected chi connectivity index (χ2v) is 5.08. The molecule has 0 aliphatic carbocycles. The van der Waals surface area contributed by atoms with Gasteiger partial charge in [-0.2, -0.15) is 0 Å². The summed E-state index contributed by atoms with van der Waals surface area (Å²) in [7, 11) is 0. The third-order valence-corrected chi connectivity index (χ3v) is 3.47. The Morgan fingerprint density at radius 2 is 1.68 bits per heavy atom. The summed E-state index contributed by atoms with van der Waals surface area (Å²) >= 11 is 0. The second-order valence-electron chi connectivity index (χ2n) is 5.08. The van der Waals surface area contributed by atoms with Crippen LogP contribution >= 0.6 is 0 Å². The predicted molar refractivity (Wildman–Crippen MR) is 86.3 cm³/mol. The molecule has 0 saturated carbocycles. The molecule has 0 bridgehead atoms. The molecule has 0 spiro atoms. The second kappa shape index (κ2) is 7.02. The molecule has 2 aromatic carbocycles. The van der Waals surface area contributed by atoms with Crippen molar-refractivity contribution in [3.8, 4) is 5.75 Å². The van der Waals surface area contributed by atoms with Gasteiger partial charge in [0.2, 0.25) is 0 Å².